The fourth-order valence-corrected chi connectivity index (χ4v) is 5.14. The van der Waals surface area contributed by atoms with Gasteiger partial charge in [0.05, 0.1) is 0 Å². The third kappa shape index (κ3) is 7.67. The molecule has 5 nitrogen and oxygen atoms in total. The number of halogens is 1. The SMILES string of the molecule is CCNC(=NCC1CCCN(Cc2cccs2)C1)NC1CN(C(C)C)CC1C.I. The van der Waals surface area contributed by atoms with Gasteiger partial charge in [-0.25, -0.2) is 0 Å². The average molecular weight is 534 g/mol. The normalized spacial score (nSPS) is 26.5. The summed E-state index contributed by atoms with van der Waals surface area (Å²) in [6.07, 6.45) is 2.59. The van der Waals surface area contributed by atoms with E-state index in [-0.39, 0.29) is 24.0 Å². The molecule has 0 aromatic carbocycles. The molecule has 0 radical (unpaired) electrons. The van der Waals surface area contributed by atoms with Crippen molar-refractivity contribution < 1.29 is 0 Å². The van der Waals surface area contributed by atoms with Crippen LogP contribution < -0.4 is 10.6 Å². The molecule has 3 rings (SSSR count). The van der Waals surface area contributed by atoms with Crippen LogP contribution in [0.5, 0.6) is 0 Å². The van der Waals surface area contributed by atoms with E-state index < -0.39 is 0 Å². The van der Waals surface area contributed by atoms with Crippen LogP contribution in [-0.2, 0) is 6.54 Å². The molecule has 0 amide bonds. The van der Waals surface area contributed by atoms with Gasteiger partial charge in [-0.05, 0) is 63.4 Å². The van der Waals surface area contributed by atoms with Gasteiger partial charge in [0.15, 0.2) is 5.96 Å². The van der Waals surface area contributed by atoms with Crippen LogP contribution in [0.2, 0.25) is 0 Å². The van der Waals surface area contributed by atoms with Crippen molar-refractivity contribution in [1.29, 1.82) is 0 Å². The highest BCUT2D eigenvalue weighted by Crippen LogP contribution is 2.21. The Morgan fingerprint density at radius 1 is 1.31 bits per heavy atom. The Labute approximate surface area is 198 Å². The largest absolute Gasteiger partial charge is 0.357 e. The summed E-state index contributed by atoms with van der Waals surface area (Å²) < 4.78 is 0. The summed E-state index contributed by atoms with van der Waals surface area (Å²) in [6.45, 7) is 16.7. The number of hydrogen-bond acceptors (Lipinski definition) is 4. The number of nitrogens with one attached hydrogen (secondary N) is 2. The average Bonchev–Trinajstić information content (AvgIpc) is 3.30. The second-order valence-corrected chi connectivity index (χ2v) is 9.85. The van der Waals surface area contributed by atoms with E-state index in [2.05, 4.69) is 65.6 Å². The standard InChI is InChI=1S/C22H39N5S.HI/c1-5-23-22(25-21-16-27(17(2)3)13-18(21)4)24-12-19-8-6-10-26(14-19)15-20-9-7-11-28-20;/h7,9,11,17-19,21H,5-6,8,10,12-16H2,1-4H3,(H2,23,24,25);1H. The number of guanidine groups is 1. The summed E-state index contributed by atoms with van der Waals surface area (Å²) >= 11 is 1.87. The molecular formula is C22H40IN5S. The van der Waals surface area contributed by atoms with Crippen LogP contribution in [-0.4, -0.2) is 67.1 Å². The molecule has 2 fully saturated rings. The van der Waals surface area contributed by atoms with E-state index in [1.54, 1.807) is 0 Å². The number of nitrogens with zero attached hydrogens (tertiary/aromatic N) is 3. The van der Waals surface area contributed by atoms with Crippen LogP contribution in [0.25, 0.3) is 0 Å². The van der Waals surface area contributed by atoms with Gasteiger partial charge in [0.25, 0.3) is 0 Å². The summed E-state index contributed by atoms with van der Waals surface area (Å²) in [6, 6.07) is 5.51. The molecule has 0 spiro atoms. The molecule has 0 bridgehead atoms. The first kappa shape index (κ1) is 24.9. The Hall–Kier alpha value is -0.380. The van der Waals surface area contributed by atoms with Crippen LogP contribution in [0.4, 0.5) is 0 Å². The first-order valence-corrected chi connectivity index (χ1v) is 12.0. The molecule has 1 aromatic rings. The first-order chi connectivity index (χ1) is 13.5. The minimum Gasteiger partial charge on any atom is -0.357 e. The fourth-order valence-electron chi connectivity index (χ4n) is 4.40. The maximum atomic E-state index is 4.99. The second-order valence-electron chi connectivity index (χ2n) is 8.82. The van der Waals surface area contributed by atoms with E-state index in [9.17, 15) is 0 Å². The number of aliphatic imine (C=N–C) groups is 1. The van der Waals surface area contributed by atoms with E-state index in [0.717, 1.165) is 32.1 Å². The van der Waals surface area contributed by atoms with Gasteiger partial charge in [-0.15, -0.1) is 35.3 Å². The van der Waals surface area contributed by atoms with Gasteiger partial charge in [0.1, 0.15) is 0 Å². The Kier molecular flexibility index (Phi) is 10.7. The lowest BCUT2D eigenvalue weighted by atomic mass is 9.98. The smallest absolute Gasteiger partial charge is 0.191 e. The molecule has 0 aliphatic carbocycles. The topological polar surface area (TPSA) is 42.9 Å². The van der Waals surface area contributed by atoms with Crippen molar-refractivity contribution in [3.8, 4) is 0 Å². The van der Waals surface area contributed by atoms with E-state index in [1.165, 1.54) is 37.4 Å². The Morgan fingerprint density at radius 2 is 2.14 bits per heavy atom. The molecule has 2 saturated heterocycles. The summed E-state index contributed by atoms with van der Waals surface area (Å²) in [4.78, 5) is 11.6. The third-order valence-corrected chi connectivity index (χ3v) is 6.97. The number of thiophene rings is 1. The highest BCUT2D eigenvalue weighted by Gasteiger charge is 2.31. The van der Waals surface area contributed by atoms with Crippen LogP contribution in [0.3, 0.4) is 0 Å². The van der Waals surface area contributed by atoms with Gasteiger partial charge in [0.2, 0.25) is 0 Å². The van der Waals surface area contributed by atoms with Gasteiger partial charge in [0, 0.05) is 56.2 Å². The number of hydrogen-bond donors (Lipinski definition) is 2. The molecule has 7 heteroatoms. The lowest BCUT2D eigenvalue weighted by Crippen LogP contribution is -2.47. The van der Waals surface area contributed by atoms with Crippen molar-refractivity contribution in [2.24, 2.45) is 16.8 Å². The van der Waals surface area contributed by atoms with Gasteiger partial charge in [-0.1, -0.05) is 13.0 Å². The molecule has 166 valence electrons. The highest BCUT2D eigenvalue weighted by atomic mass is 127. The third-order valence-electron chi connectivity index (χ3n) is 6.11. The van der Waals surface area contributed by atoms with Gasteiger partial charge >= 0.3 is 0 Å². The summed E-state index contributed by atoms with van der Waals surface area (Å²) in [5.41, 5.74) is 0. The predicted molar refractivity (Wildman–Crippen MR) is 137 cm³/mol. The van der Waals surface area contributed by atoms with Crippen molar-refractivity contribution in [3.05, 3.63) is 22.4 Å². The zero-order valence-electron chi connectivity index (χ0n) is 18.6. The Morgan fingerprint density at radius 3 is 2.79 bits per heavy atom. The van der Waals surface area contributed by atoms with E-state index in [4.69, 9.17) is 4.99 Å². The molecular weight excluding hydrogens is 493 g/mol. The Bertz CT molecular complexity index is 606. The molecule has 3 atom stereocenters. The molecule has 2 aliphatic rings. The van der Waals surface area contributed by atoms with Crippen molar-refractivity contribution in [1.82, 2.24) is 20.4 Å². The number of piperidine rings is 1. The molecule has 29 heavy (non-hydrogen) atoms. The van der Waals surface area contributed by atoms with Crippen molar-refractivity contribution in [2.75, 3.05) is 39.3 Å². The summed E-state index contributed by atoms with van der Waals surface area (Å²) in [5.74, 6) is 2.32. The van der Waals surface area contributed by atoms with Crippen LogP contribution in [0.1, 0.15) is 45.4 Å². The van der Waals surface area contributed by atoms with Gasteiger partial charge < -0.3 is 10.6 Å². The lowest BCUT2D eigenvalue weighted by Gasteiger charge is -2.32. The zero-order valence-corrected chi connectivity index (χ0v) is 21.7. The van der Waals surface area contributed by atoms with Crippen molar-refractivity contribution in [3.63, 3.8) is 0 Å². The van der Waals surface area contributed by atoms with Gasteiger partial charge in [-0.3, -0.25) is 14.8 Å². The number of likely N-dealkylation sites (tertiary alicyclic amines) is 2. The number of rotatable bonds is 7. The maximum Gasteiger partial charge on any atom is 0.191 e. The zero-order chi connectivity index (χ0) is 19.9. The van der Waals surface area contributed by atoms with Crippen molar-refractivity contribution in [2.45, 2.75) is 59.2 Å². The van der Waals surface area contributed by atoms with Crippen LogP contribution >= 0.6 is 35.3 Å². The minimum absolute atomic E-state index is 0. The quantitative estimate of drug-likeness (QED) is 0.318. The first-order valence-electron chi connectivity index (χ1n) is 11.1. The Balaban J connectivity index is 0.00000300. The molecule has 3 unspecified atom stereocenters. The van der Waals surface area contributed by atoms with Crippen LogP contribution in [0, 0.1) is 11.8 Å². The fraction of sp³-hybridized carbons (Fsp3) is 0.773. The summed E-state index contributed by atoms with van der Waals surface area (Å²) in [7, 11) is 0. The highest BCUT2D eigenvalue weighted by molar-refractivity contribution is 14.0. The lowest BCUT2D eigenvalue weighted by molar-refractivity contribution is 0.172. The summed E-state index contributed by atoms with van der Waals surface area (Å²) in [5, 5.41) is 9.37. The molecule has 3 heterocycles. The van der Waals surface area contributed by atoms with Gasteiger partial charge in [-0.2, -0.15) is 0 Å². The van der Waals surface area contributed by atoms with E-state index >= 15 is 0 Å². The van der Waals surface area contributed by atoms with E-state index in [1.807, 2.05) is 11.3 Å². The monoisotopic (exact) mass is 533 g/mol. The molecule has 2 N–H and O–H groups in total. The second kappa shape index (κ2) is 12.5. The minimum atomic E-state index is 0. The predicted octanol–water partition coefficient (Wildman–Crippen LogP) is 3.86. The molecule has 0 saturated carbocycles. The molecule has 2 aliphatic heterocycles. The van der Waals surface area contributed by atoms with Crippen LogP contribution in [0.15, 0.2) is 22.5 Å². The van der Waals surface area contributed by atoms with E-state index in [0.29, 0.717) is 23.9 Å². The molecule has 1 aromatic heterocycles. The maximum absolute atomic E-state index is 4.99. The van der Waals surface area contributed by atoms with Crippen molar-refractivity contribution >= 4 is 41.3 Å².